The van der Waals surface area contributed by atoms with Gasteiger partial charge in [-0.1, -0.05) is 37.3 Å². The van der Waals surface area contributed by atoms with Gasteiger partial charge in [-0.15, -0.1) is 0 Å². The maximum Gasteiger partial charge on any atom is 0.306 e. The summed E-state index contributed by atoms with van der Waals surface area (Å²) in [6, 6.07) is 15.6. The van der Waals surface area contributed by atoms with E-state index in [1.165, 1.54) is 37.4 Å². The van der Waals surface area contributed by atoms with E-state index >= 15 is 4.39 Å². The van der Waals surface area contributed by atoms with E-state index in [4.69, 9.17) is 9.47 Å². The average Bonchev–Trinajstić information content (AvgIpc) is 3.69. The van der Waals surface area contributed by atoms with Crippen LogP contribution < -0.4 is 9.47 Å². The van der Waals surface area contributed by atoms with Gasteiger partial charge in [-0.25, -0.2) is 9.37 Å². The van der Waals surface area contributed by atoms with Crippen molar-refractivity contribution in [2.24, 2.45) is 11.8 Å². The van der Waals surface area contributed by atoms with Crippen molar-refractivity contribution >= 4 is 5.97 Å². The highest BCUT2D eigenvalue weighted by Gasteiger charge is 2.40. The van der Waals surface area contributed by atoms with E-state index in [2.05, 4.69) is 40.2 Å². The van der Waals surface area contributed by atoms with Crippen LogP contribution in [0.15, 0.2) is 48.7 Å². The normalized spacial score (nSPS) is 24.6. The molecule has 7 rings (SSSR count). The van der Waals surface area contributed by atoms with Crippen molar-refractivity contribution in [2.45, 2.75) is 88.9 Å². The Balaban J connectivity index is 1.21. The van der Waals surface area contributed by atoms with Crippen LogP contribution in [0.4, 0.5) is 4.39 Å². The quantitative estimate of drug-likeness (QED) is 0.291. The number of hydrogen-bond donors (Lipinski definition) is 1. The average molecular weight is 571 g/mol. The molecule has 4 aliphatic rings. The molecule has 2 bridgehead atoms. The Morgan fingerprint density at radius 2 is 1.81 bits per heavy atom. The van der Waals surface area contributed by atoms with Crippen molar-refractivity contribution in [3.8, 4) is 22.8 Å². The van der Waals surface area contributed by atoms with Crippen LogP contribution in [0, 0.1) is 17.7 Å². The molecule has 0 amide bonds. The summed E-state index contributed by atoms with van der Waals surface area (Å²) in [6.45, 7) is 2.61. The highest BCUT2D eigenvalue weighted by atomic mass is 19.1. The monoisotopic (exact) mass is 570 g/mol. The Morgan fingerprint density at radius 3 is 2.50 bits per heavy atom. The Labute approximate surface area is 246 Å². The standard InChI is InChI=1S/C35H39FN2O4/c1-20(35(39)40)34(22-4-5-22)24-6-3-21-8-14-31(42-32(21)16-24)23-7-13-28(29-17-33(41-2)37-18-30(29)36)25(15-23)19-38-26-9-10-27(38)12-11-26/h3,6-7,13,15-18,20,22,26-27,31,34H,4-5,8-12,14,19H2,1-2H3,(H,39,40)/t20-,26?,27?,31-,34?/m0/s1. The zero-order valence-electron chi connectivity index (χ0n) is 24.4. The van der Waals surface area contributed by atoms with E-state index in [1.807, 2.05) is 13.0 Å². The fourth-order valence-electron chi connectivity index (χ4n) is 7.83. The van der Waals surface area contributed by atoms with E-state index in [-0.39, 0.29) is 17.8 Å². The molecule has 3 aromatic rings. The second kappa shape index (κ2) is 11.0. The molecule has 220 valence electrons. The lowest BCUT2D eigenvalue weighted by atomic mass is 9.82. The molecule has 3 fully saturated rings. The maximum absolute atomic E-state index is 15.1. The number of carbonyl (C=O) groups is 1. The predicted octanol–water partition coefficient (Wildman–Crippen LogP) is 7.30. The number of benzene rings is 2. The number of pyridine rings is 1. The number of aryl methyl sites for hydroxylation is 1. The Bertz CT molecular complexity index is 1480. The summed E-state index contributed by atoms with van der Waals surface area (Å²) in [6.07, 6.45) is 10.0. The van der Waals surface area contributed by atoms with Crippen LogP contribution in [0.5, 0.6) is 11.6 Å². The van der Waals surface area contributed by atoms with Gasteiger partial charge in [0.05, 0.1) is 19.2 Å². The highest BCUT2D eigenvalue weighted by Crippen LogP contribution is 2.48. The van der Waals surface area contributed by atoms with Gasteiger partial charge in [-0.05, 0) is 97.1 Å². The summed E-state index contributed by atoms with van der Waals surface area (Å²) < 4.78 is 27.2. The molecule has 6 nitrogen and oxygen atoms in total. The smallest absolute Gasteiger partial charge is 0.306 e. The van der Waals surface area contributed by atoms with Crippen LogP contribution in [0.3, 0.4) is 0 Å². The van der Waals surface area contributed by atoms with Gasteiger partial charge in [0, 0.05) is 30.3 Å². The molecule has 3 atom stereocenters. The van der Waals surface area contributed by atoms with Gasteiger partial charge in [-0.3, -0.25) is 9.69 Å². The van der Waals surface area contributed by atoms with Gasteiger partial charge < -0.3 is 14.6 Å². The third-order valence-electron chi connectivity index (χ3n) is 10.3. The molecule has 1 unspecified atom stereocenters. The van der Waals surface area contributed by atoms with Crippen molar-refractivity contribution in [1.82, 2.24) is 9.88 Å². The molecule has 1 saturated carbocycles. The first-order valence-corrected chi connectivity index (χ1v) is 15.5. The van der Waals surface area contributed by atoms with E-state index in [9.17, 15) is 9.90 Å². The molecule has 2 aromatic carbocycles. The minimum absolute atomic E-state index is 0.00532. The second-order valence-electron chi connectivity index (χ2n) is 12.8. The topological polar surface area (TPSA) is 71.9 Å². The summed E-state index contributed by atoms with van der Waals surface area (Å²) in [7, 11) is 1.55. The third-order valence-corrected chi connectivity index (χ3v) is 10.3. The first kappa shape index (κ1) is 27.4. The molecule has 3 aliphatic heterocycles. The van der Waals surface area contributed by atoms with Crippen molar-refractivity contribution < 1.29 is 23.8 Å². The van der Waals surface area contributed by atoms with E-state index in [0.29, 0.717) is 29.4 Å². The molecule has 0 radical (unpaired) electrons. The maximum atomic E-state index is 15.1. The summed E-state index contributed by atoms with van der Waals surface area (Å²) in [5, 5.41) is 9.77. The lowest BCUT2D eigenvalue weighted by Crippen LogP contribution is -2.28. The third kappa shape index (κ3) is 5.06. The van der Waals surface area contributed by atoms with Gasteiger partial charge in [0.15, 0.2) is 0 Å². The van der Waals surface area contributed by atoms with Crippen LogP contribution in [-0.4, -0.2) is 40.2 Å². The Morgan fingerprint density at radius 1 is 1.05 bits per heavy atom. The predicted molar refractivity (Wildman–Crippen MR) is 158 cm³/mol. The minimum Gasteiger partial charge on any atom is -0.485 e. The number of fused-ring (bicyclic) bond motifs is 3. The van der Waals surface area contributed by atoms with Crippen molar-refractivity contribution in [2.75, 3.05) is 7.11 Å². The molecule has 42 heavy (non-hydrogen) atoms. The molecular weight excluding hydrogens is 531 g/mol. The summed E-state index contributed by atoms with van der Waals surface area (Å²) in [5.74, 6) is 0.157. The van der Waals surface area contributed by atoms with E-state index in [1.54, 1.807) is 13.2 Å². The first-order valence-electron chi connectivity index (χ1n) is 15.5. The van der Waals surface area contributed by atoms with E-state index in [0.717, 1.165) is 60.2 Å². The van der Waals surface area contributed by atoms with E-state index < -0.39 is 11.9 Å². The molecule has 2 saturated heterocycles. The number of carboxylic acids is 1. The number of rotatable bonds is 9. The highest BCUT2D eigenvalue weighted by molar-refractivity contribution is 5.71. The summed E-state index contributed by atoms with van der Waals surface area (Å²) >= 11 is 0. The van der Waals surface area contributed by atoms with Gasteiger partial charge in [0.2, 0.25) is 5.88 Å². The van der Waals surface area contributed by atoms with Crippen LogP contribution >= 0.6 is 0 Å². The number of aliphatic carboxylic acids is 1. The molecule has 1 aromatic heterocycles. The van der Waals surface area contributed by atoms with Crippen LogP contribution in [-0.2, 0) is 17.8 Å². The van der Waals surface area contributed by atoms with Gasteiger partial charge in [0.1, 0.15) is 17.7 Å². The Kier molecular flexibility index (Phi) is 7.17. The number of aromatic nitrogens is 1. The summed E-state index contributed by atoms with van der Waals surface area (Å²) in [5.41, 5.74) is 5.81. The lowest BCUT2D eigenvalue weighted by Gasteiger charge is -2.30. The zero-order valence-corrected chi connectivity index (χ0v) is 24.4. The molecule has 4 heterocycles. The lowest BCUT2D eigenvalue weighted by molar-refractivity contribution is -0.142. The fraction of sp³-hybridized carbons (Fsp3) is 0.486. The molecule has 1 N–H and O–H groups in total. The summed E-state index contributed by atoms with van der Waals surface area (Å²) in [4.78, 5) is 18.6. The van der Waals surface area contributed by atoms with Crippen LogP contribution in [0.2, 0.25) is 0 Å². The minimum atomic E-state index is -0.745. The Hall–Kier alpha value is -3.45. The number of hydrogen-bond acceptors (Lipinski definition) is 5. The fourth-order valence-corrected chi connectivity index (χ4v) is 7.83. The SMILES string of the molecule is COc1cc(-c2ccc([C@@H]3CCc4ccc(C(C5CC5)[C@H](C)C(=O)O)cc4O3)cc2CN2C3CCC2CC3)c(F)cn1. The van der Waals surface area contributed by atoms with Gasteiger partial charge in [-0.2, -0.15) is 0 Å². The first-order chi connectivity index (χ1) is 20.4. The number of carboxylic acid groups (broad SMARTS) is 1. The van der Waals surface area contributed by atoms with Crippen LogP contribution in [0.25, 0.3) is 11.1 Å². The number of nitrogens with zero attached hydrogens (tertiary/aromatic N) is 2. The molecular formula is C35H39FN2O4. The zero-order chi connectivity index (χ0) is 29.0. The second-order valence-corrected chi connectivity index (χ2v) is 12.8. The van der Waals surface area contributed by atoms with Gasteiger partial charge in [0.25, 0.3) is 0 Å². The van der Waals surface area contributed by atoms with Crippen molar-refractivity contribution in [1.29, 1.82) is 0 Å². The van der Waals surface area contributed by atoms with Crippen LogP contribution in [0.1, 0.15) is 86.1 Å². The molecule has 7 heteroatoms. The van der Waals surface area contributed by atoms with Crippen molar-refractivity contribution in [3.05, 3.63) is 76.7 Å². The molecule has 0 spiro atoms. The van der Waals surface area contributed by atoms with Crippen molar-refractivity contribution in [3.63, 3.8) is 0 Å². The number of ether oxygens (including phenoxy) is 2. The van der Waals surface area contributed by atoms with Gasteiger partial charge >= 0.3 is 5.97 Å². The molecule has 1 aliphatic carbocycles. The number of halogens is 1. The number of methoxy groups -OCH3 is 1. The largest absolute Gasteiger partial charge is 0.485 e.